The van der Waals surface area contributed by atoms with Crippen molar-refractivity contribution in [1.29, 1.82) is 0 Å². The Labute approximate surface area is 182 Å². The molecule has 0 bridgehead atoms. The van der Waals surface area contributed by atoms with Gasteiger partial charge in [-0.1, -0.05) is 60.7 Å². The van der Waals surface area contributed by atoms with Crippen LogP contribution in [0.25, 0.3) is 0 Å². The molecule has 4 amide bonds. The number of carbonyl (C=O) groups excluding carboxylic acids is 2. The Morgan fingerprint density at radius 1 is 0.774 bits per heavy atom. The van der Waals surface area contributed by atoms with E-state index in [0.29, 0.717) is 19.5 Å². The normalized spacial score (nSPS) is 15.0. The molecule has 158 valence electrons. The van der Waals surface area contributed by atoms with Crippen LogP contribution in [0.5, 0.6) is 0 Å². The van der Waals surface area contributed by atoms with Gasteiger partial charge in [0, 0.05) is 30.5 Å². The molecule has 6 nitrogen and oxygen atoms in total. The highest BCUT2D eigenvalue weighted by Crippen LogP contribution is 2.25. The van der Waals surface area contributed by atoms with Gasteiger partial charge in [0.1, 0.15) is 0 Å². The number of fused-ring (bicyclic) bond motifs is 1. The molecule has 0 saturated heterocycles. The van der Waals surface area contributed by atoms with Crippen molar-refractivity contribution in [3.05, 3.63) is 96.1 Å². The van der Waals surface area contributed by atoms with Crippen LogP contribution in [0.2, 0.25) is 0 Å². The van der Waals surface area contributed by atoms with Gasteiger partial charge in [0.2, 0.25) is 0 Å². The highest BCUT2D eigenvalue weighted by Gasteiger charge is 2.29. The van der Waals surface area contributed by atoms with Crippen LogP contribution in [0, 0.1) is 0 Å². The number of para-hydroxylation sites is 2. The lowest BCUT2D eigenvalue weighted by Gasteiger charge is -2.37. The minimum Gasteiger partial charge on any atom is -0.338 e. The van der Waals surface area contributed by atoms with Gasteiger partial charge in [0.25, 0.3) is 0 Å². The van der Waals surface area contributed by atoms with Gasteiger partial charge in [-0.15, -0.1) is 0 Å². The maximum absolute atomic E-state index is 13.0. The van der Waals surface area contributed by atoms with Gasteiger partial charge in [0.15, 0.2) is 0 Å². The van der Waals surface area contributed by atoms with E-state index in [-0.39, 0.29) is 18.1 Å². The van der Waals surface area contributed by atoms with Crippen molar-refractivity contribution in [2.75, 3.05) is 17.2 Å². The third-order valence-electron chi connectivity index (χ3n) is 5.44. The molecular weight excluding hydrogens is 388 g/mol. The van der Waals surface area contributed by atoms with Crippen LogP contribution in [0.1, 0.15) is 17.5 Å². The molecule has 1 atom stereocenters. The summed E-state index contributed by atoms with van der Waals surface area (Å²) in [6.07, 6.45) is 1.43. The molecule has 0 aliphatic carbocycles. The molecule has 0 spiro atoms. The molecule has 1 aliphatic heterocycles. The lowest BCUT2D eigenvalue weighted by molar-refractivity contribution is 0.171. The van der Waals surface area contributed by atoms with Gasteiger partial charge < -0.3 is 20.9 Å². The lowest BCUT2D eigenvalue weighted by Crippen LogP contribution is -2.47. The molecule has 3 aromatic carbocycles. The van der Waals surface area contributed by atoms with E-state index in [4.69, 9.17) is 0 Å². The van der Waals surface area contributed by atoms with Crippen LogP contribution < -0.4 is 16.0 Å². The Bertz CT molecular complexity index is 1020. The zero-order valence-corrected chi connectivity index (χ0v) is 17.3. The van der Waals surface area contributed by atoms with E-state index >= 15 is 0 Å². The fourth-order valence-corrected chi connectivity index (χ4v) is 3.85. The second-order valence-corrected chi connectivity index (χ2v) is 7.59. The monoisotopic (exact) mass is 414 g/mol. The zero-order chi connectivity index (χ0) is 21.5. The number of urea groups is 2. The number of rotatable bonds is 5. The fraction of sp³-hybridized carbons (Fsp3) is 0.200. The Morgan fingerprint density at radius 3 is 2.03 bits per heavy atom. The van der Waals surface area contributed by atoms with Crippen LogP contribution in [-0.4, -0.2) is 29.5 Å². The van der Waals surface area contributed by atoms with E-state index in [1.807, 2.05) is 77.7 Å². The summed E-state index contributed by atoms with van der Waals surface area (Å²) >= 11 is 0. The highest BCUT2D eigenvalue weighted by molar-refractivity contribution is 5.90. The first-order chi connectivity index (χ1) is 15.2. The van der Waals surface area contributed by atoms with Crippen molar-refractivity contribution in [2.45, 2.75) is 25.4 Å². The molecule has 0 radical (unpaired) electrons. The molecule has 3 N–H and O–H groups in total. The molecule has 0 aromatic heterocycles. The molecule has 1 heterocycles. The van der Waals surface area contributed by atoms with E-state index in [9.17, 15) is 9.59 Å². The number of hydrogen-bond acceptors (Lipinski definition) is 2. The highest BCUT2D eigenvalue weighted by atomic mass is 16.2. The summed E-state index contributed by atoms with van der Waals surface area (Å²) in [5, 5.41) is 8.71. The molecule has 31 heavy (non-hydrogen) atoms. The predicted octanol–water partition coefficient (Wildman–Crippen LogP) is 4.86. The first kappa shape index (κ1) is 20.5. The number of amides is 4. The summed E-state index contributed by atoms with van der Waals surface area (Å²) in [5.74, 6) is 0. The molecule has 1 aliphatic rings. The maximum atomic E-state index is 13.0. The van der Waals surface area contributed by atoms with Crippen LogP contribution in [0.4, 0.5) is 21.0 Å². The standard InChI is InChI=1S/C25H26N4O2/c30-24(27-21-11-3-1-4-12-21)26-16-15-23-17-19-9-7-8-10-20(19)18-29(23)25(31)28-22-13-5-2-6-14-22/h1-14,23H,15-18H2,(H,28,31)(H2,26,27,30). The second kappa shape index (κ2) is 9.80. The molecule has 0 saturated carbocycles. The van der Waals surface area contributed by atoms with Crippen molar-refractivity contribution in [3.8, 4) is 0 Å². The van der Waals surface area contributed by atoms with Gasteiger partial charge in [-0.3, -0.25) is 0 Å². The topological polar surface area (TPSA) is 73.5 Å². The number of nitrogens with one attached hydrogen (secondary N) is 3. The van der Waals surface area contributed by atoms with Crippen LogP contribution in [0.3, 0.4) is 0 Å². The number of carbonyl (C=O) groups is 2. The summed E-state index contributed by atoms with van der Waals surface area (Å²) in [6, 6.07) is 26.6. The fourth-order valence-electron chi connectivity index (χ4n) is 3.85. The third kappa shape index (κ3) is 5.42. The van der Waals surface area contributed by atoms with Crippen LogP contribution in [-0.2, 0) is 13.0 Å². The maximum Gasteiger partial charge on any atom is 0.322 e. The summed E-state index contributed by atoms with van der Waals surface area (Å²) < 4.78 is 0. The minimum absolute atomic E-state index is 0.00404. The molecule has 6 heteroatoms. The van der Waals surface area contributed by atoms with Crippen molar-refractivity contribution >= 4 is 23.4 Å². The number of benzene rings is 3. The van der Waals surface area contributed by atoms with Crippen LogP contribution >= 0.6 is 0 Å². The molecule has 4 rings (SSSR count). The van der Waals surface area contributed by atoms with Crippen molar-refractivity contribution < 1.29 is 9.59 Å². The van der Waals surface area contributed by atoms with Crippen LogP contribution in [0.15, 0.2) is 84.9 Å². The largest absolute Gasteiger partial charge is 0.338 e. The third-order valence-corrected chi connectivity index (χ3v) is 5.44. The molecule has 0 fully saturated rings. The second-order valence-electron chi connectivity index (χ2n) is 7.59. The first-order valence-corrected chi connectivity index (χ1v) is 10.5. The predicted molar refractivity (Wildman–Crippen MR) is 123 cm³/mol. The Hall–Kier alpha value is -3.80. The van der Waals surface area contributed by atoms with E-state index in [1.165, 1.54) is 5.56 Å². The summed E-state index contributed by atoms with van der Waals surface area (Å²) in [7, 11) is 0. The van der Waals surface area contributed by atoms with Gasteiger partial charge >= 0.3 is 12.1 Å². The van der Waals surface area contributed by atoms with E-state index in [2.05, 4.69) is 28.1 Å². The van der Waals surface area contributed by atoms with Crippen molar-refractivity contribution in [2.24, 2.45) is 0 Å². The summed E-state index contributed by atoms with van der Waals surface area (Å²) in [5.41, 5.74) is 3.93. The summed E-state index contributed by atoms with van der Waals surface area (Å²) in [6.45, 7) is 1.02. The Balaban J connectivity index is 1.39. The van der Waals surface area contributed by atoms with Gasteiger partial charge in [-0.25, -0.2) is 9.59 Å². The van der Waals surface area contributed by atoms with Gasteiger partial charge in [0.05, 0.1) is 0 Å². The zero-order valence-electron chi connectivity index (χ0n) is 17.3. The average Bonchev–Trinajstić information content (AvgIpc) is 2.80. The van der Waals surface area contributed by atoms with Crippen molar-refractivity contribution in [1.82, 2.24) is 10.2 Å². The lowest BCUT2D eigenvalue weighted by atomic mass is 9.92. The SMILES string of the molecule is O=C(NCCC1Cc2ccccc2CN1C(=O)Nc1ccccc1)Nc1ccccc1. The summed E-state index contributed by atoms with van der Waals surface area (Å²) in [4.78, 5) is 27.1. The minimum atomic E-state index is -0.248. The smallest absolute Gasteiger partial charge is 0.322 e. The number of hydrogen-bond donors (Lipinski definition) is 3. The molecular formula is C25H26N4O2. The van der Waals surface area contributed by atoms with E-state index < -0.39 is 0 Å². The number of anilines is 2. The first-order valence-electron chi connectivity index (χ1n) is 10.5. The van der Waals surface area contributed by atoms with E-state index in [0.717, 1.165) is 23.4 Å². The van der Waals surface area contributed by atoms with E-state index in [1.54, 1.807) is 0 Å². The Kier molecular flexibility index (Phi) is 6.47. The molecule has 1 unspecified atom stereocenters. The van der Waals surface area contributed by atoms with Gasteiger partial charge in [-0.2, -0.15) is 0 Å². The average molecular weight is 415 g/mol. The molecule has 3 aromatic rings. The van der Waals surface area contributed by atoms with Crippen molar-refractivity contribution in [3.63, 3.8) is 0 Å². The Morgan fingerprint density at radius 2 is 1.35 bits per heavy atom. The quantitative estimate of drug-likeness (QED) is 0.558. The number of nitrogens with zero attached hydrogens (tertiary/aromatic N) is 1. The van der Waals surface area contributed by atoms with Gasteiger partial charge in [-0.05, 0) is 48.2 Å².